The predicted octanol–water partition coefficient (Wildman–Crippen LogP) is 5.34. The first kappa shape index (κ1) is 19.2. The summed E-state index contributed by atoms with van der Waals surface area (Å²) in [5.74, 6) is 0. The molecule has 2 aromatic rings. The molecular formula is C25H32BNO2. The van der Waals surface area contributed by atoms with Crippen LogP contribution in [0.1, 0.15) is 66.4 Å². The van der Waals surface area contributed by atoms with E-state index < -0.39 is 0 Å². The smallest absolute Gasteiger partial charge is 0.399 e. The van der Waals surface area contributed by atoms with Crippen LogP contribution in [-0.2, 0) is 14.7 Å². The fraction of sp³-hybridized carbons (Fsp3) is 0.520. The molecule has 0 aromatic heterocycles. The first-order chi connectivity index (χ1) is 13.6. The molecule has 3 aliphatic rings. The molecule has 1 aliphatic carbocycles. The number of para-hydroxylation sites is 1. The number of benzene rings is 2. The fourth-order valence-electron chi connectivity index (χ4n) is 5.70. The van der Waals surface area contributed by atoms with E-state index in [9.17, 15) is 0 Å². The zero-order valence-corrected chi connectivity index (χ0v) is 18.6. The van der Waals surface area contributed by atoms with Crippen molar-refractivity contribution >= 4 is 24.0 Å². The summed E-state index contributed by atoms with van der Waals surface area (Å²) >= 11 is 0. The van der Waals surface area contributed by atoms with Crippen molar-refractivity contribution in [1.29, 1.82) is 0 Å². The Balaban J connectivity index is 1.62. The van der Waals surface area contributed by atoms with Crippen molar-refractivity contribution in [3.63, 3.8) is 0 Å². The average Bonchev–Trinajstić information content (AvgIpc) is 3.15. The number of nitrogens with zero attached hydrogens (tertiary/aromatic N) is 1. The lowest BCUT2D eigenvalue weighted by atomic mass is 9.70. The molecule has 0 amide bonds. The van der Waals surface area contributed by atoms with Crippen LogP contribution in [0.3, 0.4) is 0 Å². The van der Waals surface area contributed by atoms with Gasteiger partial charge in [-0.25, -0.2) is 0 Å². The third-order valence-corrected chi connectivity index (χ3v) is 8.42. The maximum absolute atomic E-state index is 6.35. The lowest BCUT2D eigenvalue weighted by Gasteiger charge is -2.42. The molecule has 2 unspecified atom stereocenters. The highest BCUT2D eigenvalue weighted by molar-refractivity contribution is 6.62. The Morgan fingerprint density at radius 3 is 2.14 bits per heavy atom. The molecule has 2 atom stereocenters. The molecule has 1 saturated carbocycles. The Morgan fingerprint density at radius 2 is 1.48 bits per heavy atom. The molecule has 0 spiro atoms. The summed E-state index contributed by atoms with van der Waals surface area (Å²) in [6, 6.07) is 17.7. The SMILES string of the molecule is CC1(C)OB(c2ccc3c(c2)C2(C)CCCC2(C)N3c2ccccc2)OC1(C)C. The van der Waals surface area contributed by atoms with Gasteiger partial charge in [-0.15, -0.1) is 0 Å². The van der Waals surface area contributed by atoms with Crippen LogP contribution < -0.4 is 10.4 Å². The minimum atomic E-state index is -0.321. The molecule has 5 rings (SSSR count). The summed E-state index contributed by atoms with van der Waals surface area (Å²) < 4.78 is 12.7. The maximum Gasteiger partial charge on any atom is 0.494 e. The van der Waals surface area contributed by atoms with Gasteiger partial charge in [0.15, 0.2) is 0 Å². The van der Waals surface area contributed by atoms with Gasteiger partial charge in [0, 0.05) is 16.8 Å². The number of rotatable bonds is 2. The highest BCUT2D eigenvalue weighted by Gasteiger charge is 2.60. The van der Waals surface area contributed by atoms with Gasteiger partial charge in [0.1, 0.15) is 0 Å². The molecule has 4 heteroatoms. The summed E-state index contributed by atoms with van der Waals surface area (Å²) in [6.45, 7) is 13.4. The maximum atomic E-state index is 6.35. The minimum Gasteiger partial charge on any atom is -0.399 e. The first-order valence-electron chi connectivity index (χ1n) is 10.9. The largest absolute Gasteiger partial charge is 0.494 e. The molecule has 2 aromatic carbocycles. The molecule has 0 N–H and O–H groups in total. The molecule has 2 heterocycles. The van der Waals surface area contributed by atoms with Crippen molar-refractivity contribution in [2.45, 2.75) is 83.0 Å². The Kier molecular flexibility index (Phi) is 3.90. The summed E-state index contributed by atoms with van der Waals surface area (Å²) in [5, 5.41) is 0. The monoisotopic (exact) mass is 389 g/mol. The van der Waals surface area contributed by atoms with Crippen molar-refractivity contribution in [1.82, 2.24) is 0 Å². The van der Waals surface area contributed by atoms with E-state index in [1.165, 1.54) is 36.2 Å². The van der Waals surface area contributed by atoms with Gasteiger partial charge in [-0.2, -0.15) is 0 Å². The Hall–Kier alpha value is -1.78. The van der Waals surface area contributed by atoms with Gasteiger partial charge in [0.2, 0.25) is 0 Å². The van der Waals surface area contributed by atoms with Gasteiger partial charge >= 0.3 is 7.12 Å². The van der Waals surface area contributed by atoms with E-state index in [-0.39, 0.29) is 29.3 Å². The second-order valence-electron chi connectivity index (χ2n) is 10.5. The predicted molar refractivity (Wildman–Crippen MR) is 120 cm³/mol. The van der Waals surface area contributed by atoms with Crippen LogP contribution in [0.2, 0.25) is 0 Å². The van der Waals surface area contributed by atoms with Crippen LogP contribution in [0.25, 0.3) is 0 Å². The van der Waals surface area contributed by atoms with Gasteiger partial charge in [-0.05, 0) is 76.7 Å². The van der Waals surface area contributed by atoms with E-state index in [4.69, 9.17) is 9.31 Å². The van der Waals surface area contributed by atoms with Crippen LogP contribution >= 0.6 is 0 Å². The Morgan fingerprint density at radius 1 is 0.828 bits per heavy atom. The van der Waals surface area contributed by atoms with Gasteiger partial charge in [-0.3, -0.25) is 0 Å². The normalized spacial score (nSPS) is 31.8. The number of hydrogen-bond donors (Lipinski definition) is 0. The summed E-state index contributed by atoms with van der Waals surface area (Å²) in [7, 11) is -0.313. The number of anilines is 2. The second kappa shape index (κ2) is 5.89. The minimum absolute atomic E-state index is 0.0885. The van der Waals surface area contributed by atoms with E-state index in [0.717, 1.165) is 5.46 Å². The van der Waals surface area contributed by atoms with E-state index in [2.05, 4.69) is 95.0 Å². The van der Waals surface area contributed by atoms with Crippen LogP contribution in [-0.4, -0.2) is 23.9 Å². The van der Waals surface area contributed by atoms with Gasteiger partial charge < -0.3 is 14.2 Å². The number of fused-ring (bicyclic) bond motifs is 3. The fourth-order valence-corrected chi connectivity index (χ4v) is 5.70. The molecule has 2 aliphatic heterocycles. The highest BCUT2D eigenvalue weighted by Crippen LogP contribution is 2.61. The van der Waals surface area contributed by atoms with Crippen molar-refractivity contribution in [3.8, 4) is 0 Å². The first-order valence-corrected chi connectivity index (χ1v) is 10.9. The molecule has 0 radical (unpaired) electrons. The van der Waals surface area contributed by atoms with E-state index in [1.54, 1.807) is 0 Å². The van der Waals surface area contributed by atoms with Crippen molar-refractivity contribution in [3.05, 3.63) is 54.1 Å². The van der Waals surface area contributed by atoms with Crippen molar-refractivity contribution < 1.29 is 9.31 Å². The van der Waals surface area contributed by atoms with Crippen molar-refractivity contribution in [2.75, 3.05) is 4.90 Å². The van der Waals surface area contributed by atoms with Crippen LogP contribution in [0.15, 0.2) is 48.5 Å². The average molecular weight is 389 g/mol. The van der Waals surface area contributed by atoms with E-state index in [1.807, 2.05) is 0 Å². The van der Waals surface area contributed by atoms with Crippen LogP contribution in [0, 0.1) is 0 Å². The molecule has 29 heavy (non-hydrogen) atoms. The summed E-state index contributed by atoms with van der Waals surface area (Å²) in [6.07, 6.45) is 3.68. The van der Waals surface area contributed by atoms with Gasteiger partial charge in [-0.1, -0.05) is 43.7 Å². The molecule has 2 fully saturated rings. The quantitative estimate of drug-likeness (QED) is 0.648. The topological polar surface area (TPSA) is 21.7 Å². The standard InChI is InChI=1S/C25H32BNO2/c1-22(2)23(3,4)29-26(28-22)18-13-14-21-20(17-18)24(5)15-10-16-25(24,6)27(21)19-11-8-7-9-12-19/h7-9,11-14,17H,10,15-16H2,1-6H3. The third kappa shape index (κ3) is 2.45. The highest BCUT2D eigenvalue weighted by atomic mass is 16.7. The second-order valence-corrected chi connectivity index (χ2v) is 10.5. The van der Waals surface area contributed by atoms with Crippen molar-refractivity contribution in [2.24, 2.45) is 0 Å². The molecule has 0 bridgehead atoms. The Labute approximate surface area is 175 Å². The summed E-state index contributed by atoms with van der Waals surface area (Å²) in [5.41, 5.74) is 4.76. The summed E-state index contributed by atoms with van der Waals surface area (Å²) in [4.78, 5) is 2.59. The van der Waals surface area contributed by atoms with Gasteiger partial charge in [0.25, 0.3) is 0 Å². The lowest BCUT2D eigenvalue weighted by molar-refractivity contribution is 0.00578. The lowest BCUT2D eigenvalue weighted by Crippen LogP contribution is -2.48. The zero-order valence-electron chi connectivity index (χ0n) is 18.6. The van der Waals surface area contributed by atoms with Gasteiger partial charge in [0.05, 0.1) is 16.7 Å². The molecular weight excluding hydrogens is 357 g/mol. The Bertz CT molecular complexity index is 941. The van der Waals surface area contributed by atoms with Crippen LogP contribution in [0.5, 0.6) is 0 Å². The molecule has 1 saturated heterocycles. The van der Waals surface area contributed by atoms with E-state index in [0.29, 0.717) is 0 Å². The molecule has 152 valence electrons. The zero-order chi connectivity index (χ0) is 20.7. The van der Waals surface area contributed by atoms with E-state index >= 15 is 0 Å². The molecule has 3 nitrogen and oxygen atoms in total. The van der Waals surface area contributed by atoms with Crippen LogP contribution in [0.4, 0.5) is 11.4 Å². The number of hydrogen-bond acceptors (Lipinski definition) is 3. The third-order valence-electron chi connectivity index (χ3n) is 8.42.